The number of nitrogens with zero attached hydrogens (tertiary/aromatic N) is 3. The van der Waals surface area contributed by atoms with E-state index in [1.165, 1.54) is 17.3 Å². The first-order chi connectivity index (χ1) is 16.8. The topological polar surface area (TPSA) is 151 Å². The molecule has 2 saturated heterocycles. The van der Waals surface area contributed by atoms with Crippen LogP contribution < -0.4 is 27.4 Å². The smallest absolute Gasteiger partial charge is 0.222 e. The third-order valence-corrected chi connectivity index (χ3v) is 7.43. The summed E-state index contributed by atoms with van der Waals surface area (Å²) in [6.07, 6.45) is 4.39. The highest BCUT2D eigenvalue weighted by Crippen LogP contribution is 2.34. The maximum absolute atomic E-state index is 12.9. The largest absolute Gasteiger partial charge is 0.384 e. The number of benzene rings is 1. The van der Waals surface area contributed by atoms with Crippen LogP contribution in [0.15, 0.2) is 36.2 Å². The highest BCUT2D eigenvalue weighted by atomic mass is 35.5. The van der Waals surface area contributed by atoms with Gasteiger partial charge in [0.15, 0.2) is 22.5 Å². The average Bonchev–Trinajstić information content (AvgIpc) is 3.44. The minimum Gasteiger partial charge on any atom is -0.384 e. The van der Waals surface area contributed by atoms with Gasteiger partial charge in [0.05, 0.1) is 5.54 Å². The maximum Gasteiger partial charge on any atom is 0.222 e. The number of hydrogen-bond acceptors (Lipinski definition) is 9. The Bertz CT molecular complexity index is 1190. The standard InChI is InChI=1S/C24H29ClN8O2/c25-21-23(27)31-22(26)20(30-21)17(34)11-18-29-13-24(32-18)7-9-33(10-8-24)19(35)6-5-14-12-28-16-4-2-1-3-15(14)16/h1-4,11,14,28-29,32H,5-10,12-13H2,(H4,26,27,31)/b18-11+. The summed E-state index contributed by atoms with van der Waals surface area (Å²) in [5.41, 5.74) is 13.6. The summed E-state index contributed by atoms with van der Waals surface area (Å²) in [6, 6.07) is 8.32. The summed E-state index contributed by atoms with van der Waals surface area (Å²) in [6.45, 7) is 2.92. The molecule has 1 atom stereocenters. The van der Waals surface area contributed by atoms with Crippen molar-refractivity contribution in [3.63, 3.8) is 0 Å². The first-order valence-corrected chi connectivity index (χ1v) is 12.2. The van der Waals surface area contributed by atoms with E-state index in [0.717, 1.165) is 25.8 Å². The zero-order chi connectivity index (χ0) is 24.6. The molecular formula is C24H29ClN8O2. The number of allylic oxidation sites excluding steroid dienone is 1. The molecule has 184 valence electrons. The molecule has 3 aliphatic heterocycles. The lowest BCUT2D eigenvalue weighted by Gasteiger charge is -2.39. The molecule has 0 radical (unpaired) electrons. The number of carbonyl (C=O) groups is 2. The second kappa shape index (κ2) is 9.26. The Kier molecular flexibility index (Phi) is 6.14. The maximum atomic E-state index is 12.9. The molecule has 1 unspecified atom stereocenters. The molecule has 1 aromatic carbocycles. The normalized spacial score (nSPS) is 21.3. The number of nitrogens with one attached hydrogen (secondary N) is 3. The van der Waals surface area contributed by atoms with E-state index in [9.17, 15) is 9.59 Å². The van der Waals surface area contributed by atoms with Crippen LogP contribution in [0.1, 0.15) is 47.7 Å². The van der Waals surface area contributed by atoms with E-state index in [2.05, 4.69) is 44.1 Å². The van der Waals surface area contributed by atoms with Gasteiger partial charge in [-0.3, -0.25) is 9.59 Å². The number of piperidine rings is 1. The minimum atomic E-state index is -0.417. The van der Waals surface area contributed by atoms with Crippen molar-refractivity contribution in [1.82, 2.24) is 25.5 Å². The molecule has 0 bridgehead atoms. The molecule has 35 heavy (non-hydrogen) atoms. The van der Waals surface area contributed by atoms with Crippen LogP contribution in [-0.2, 0) is 4.79 Å². The molecule has 1 amide bonds. The van der Waals surface area contributed by atoms with Gasteiger partial charge in [0.25, 0.3) is 0 Å². The first kappa shape index (κ1) is 23.2. The van der Waals surface area contributed by atoms with Crippen LogP contribution in [-0.4, -0.2) is 58.3 Å². The number of fused-ring (bicyclic) bond motifs is 1. The first-order valence-electron chi connectivity index (χ1n) is 11.8. The molecule has 1 spiro atoms. The molecule has 10 nitrogen and oxygen atoms in total. The SMILES string of the molecule is Nc1nc(N)c(C(=O)/C=C2\NCC3(CCN(C(=O)CCC4CNc5ccccc54)CC3)N2)nc1Cl. The quantitative estimate of drug-likeness (QED) is 0.308. The second-order valence-corrected chi connectivity index (χ2v) is 9.76. The van der Waals surface area contributed by atoms with Gasteiger partial charge >= 0.3 is 0 Å². The Morgan fingerprint density at radius 1 is 1.14 bits per heavy atom. The third kappa shape index (κ3) is 4.70. The van der Waals surface area contributed by atoms with Crippen LogP contribution in [0.5, 0.6) is 0 Å². The fourth-order valence-electron chi connectivity index (χ4n) is 5.10. The highest BCUT2D eigenvalue weighted by molar-refractivity contribution is 6.31. The number of ketones is 1. The van der Waals surface area contributed by atoms with Crippen LogP contribution in [0.4, 0.5) is 17.3 Å². The number of rotatable bonds is 5. The van der Waals surface area contributed by atoms with Gasteiger partial charge in [-0.2, -0.15) is 0 Å². The summed E-state index contributed by atoms with van der Waals surface area (Å²) in [4.78, 5) is 35.3. The summed E-state index contributed by atoms with van der Waals surface area (Å²) >= 11 is 5.89. The van der Waals surface area contributed by atoms with Crippen LogP contribution in [0, 0.1) is 0 Å². The Labute approximate surface area is 208 Å². The molecule has 7 N–H and O–H groups in total. The predicted molar refractivity (Wildman–Crippen MR) is 135 cm³/mol. The zero-order valence-corrected chi connectivity index (χ0v) is 20.1. The van der Waals surface area contributed by atoms with Gasteiger partial charge < -0.3 is 32.3 Å². The van der Waals surface area contributed by atoms with E-state index < -0.39 is 5.78 Å². The number of anilines is 3. The van der Waals surface area contributed by atoms with Gasteiger partial charge in [0.1, 0.15) is 5.82 Å². The Balaban J connectivity index is 1.14. The number of para-hydroxylation sites is 1. The van der Waals surface area contributed by atoms with Gasteiger partial charge in [-0.1, -0.05) is 29.8 Å². The highest BCUT2D eigenvalue weighted by Gasteiger charge is 2.40. The molecule has 3 aliphatic rings. The predicted octanol–water partition coefficient (Wildman–Crippen LogP) is 1.86. The van der Waals surface area contributed by atoms with E-state index in [1.54, 1.807) is 0 Å². The number of halogens is 1. The van der Waals surface area contributed by atoms with Crippen LogP contribution in [0.2, 0.25) is 5.15 Å². The summed E-state index contributed by atoms with van der Waals surface area (Å²) in [5.74, 6) is 0.679. The van der Waals surface area contributed by atoms with Gasteiger partial charge in [-0.25, -0.2) is 9.97 Å². The molecule has 11 heteroatoms. The number of hydrogen-bond donors (Lipinski definition) is 5. The zero-order valence-electron chi connectivity index (χ0n) is 19.3. The van der Waals surface area contributed by atoms with Gasteiger partial charge in [-0.15, -0.1) is 0 Å². The van der Waals surface area contributed by atoms with Crippen molar-refractivity contribution in [2.24, 2.45) is 0 Å². The van der Waals surface area contributed by atoms with Gasteiger partial charge in [0, 0.05) is 50.3 Å². The number of likely N-dealkylation sites (tertiary alicyclic amines) is 1. The van der Waals surface area contributed by atoms with Crippen molar-refractivity contribution >= 4 is 40.6 Å². The molecular weight excluding hydrogens is 468 g/mol. The van der Waals surface area contributed by atoms with Crippen LogP contribution >= 0.6 is 11.6 Å². The van der Waals surface area contributed by atoms with Crippen molar-refractivity contribution in [2.45, 2.75) is 37.1 Å². The lowest BCUT2D eigenvalue weighted by molar-refractivity contribution is -0.133. The van der Waals surface area contributed by atoms with Crippen molar-refractivity contribution in [3.05, 3.63) is 52.6 Å². The number of aromatic nitrogens is 2. The fraction of sp³-hybridized carbons (Fsp3) is 0.417. The number of nitrogens with two attached hydrogens (primary N) is 2. The Morgan fingerprint density at radius 2 is 1.91 bits per heavy atom. The molecule has 0 saturated carbocycles. The van der Waals surface area contributed by atoms with Gasteiger partial charge in [-0.05, 0) is 30.9 Å². The van der Waals surface area contributed by atoms with Crippen LogP contribution in [0.25, 0.3) is 0 Å². The molecule has 2 aromatic rings. The molecule has 4 heterocycles. The fourth-order valence-corrected chi connectivity index (χ4v) is 5.23. The lowest BCUT2D eigenvalue weighted by Crippen LogP contribution is -2.53. The third-order valence-electron chi connectivity index (χ3n) is 7.15. The summed E-state index contributed by atoms with van der Waals surface area (Å²) in [5, 5.41) is 10.1. The molecule has 2 fully saturated rings. The minimum absolute atomic E-state index is 0.0181. The van der Waals surface area contributed by atoms with E-state index in [1.807, 2.05) is 11.0 Å². The van der Waals surface area contributed by atoms with Crippen molar-refractivity contribution in [1.29, 1.82) is 0 Å². The Morgan fingerprint density at radius 3 is 2.71 bits per heavy atom. The summed E-state index contributed by atoms with van der Waals surface area (Å²) < 4.78 is 0. The number of carbonyl (C=O) groups excluding carboxylic acids is 2. The van der Waals surface area contributed by atoms with Crippen molar-refractivity contribution in [2.75, 3.05) is 43.0 Å². The van der Waals surface area contributed by atoms with Crippen molar-refractivity contribution in [3.8, 4) is 0 Å². The second-order valence-electron chi connectivity index (χ2n) is 9.40. The lowest BCUT2D eigenvalue weighted by atomic mass is 9.88. The number of amides is 1. The average molecular weight is 497 g/mol. The Hall–Kier alpha value is -3.53. The van der Waals surface area contributed by atoms with Gasteiger partial charge in [0.2, 0.25) is 11.7 Å². The molecule has 0 aliphatic carbocycles. The molecule has 5 rings (SSSR count). The van der Waals surface area contributed by atoms with Crippen molar-refractivity contribution < 1.29 is 9.59 Å². The van der Waals surface area contributed by atoms with Crippen LogP contribution in [0.3, 0.4) is 0 Å². The van der Waals surface area contributed by atoms with E-state index >= 15 is 0 Å². The van der Waals surface area contributed by atoms with E-state index in [4.69, 9.17) is 23.1 Å². The molecule has 1 aromatic heterocycles. The van der Waals surface area contributed by atoms with E-state index in [-0.39, 0.29) is 33.9 Å². The number of nitrogen functional groups attached to an aromatic ring is 2. The summed E-state index contributed by atoms with van der Waals surface area (Å²) in [7, 11) is 0. The monoisotopic (exact) mass is 496 g/mol. The van der Waals surface area contributed by atoms with E-state index in [0.29, 0.717) is 37.8 Å².